The molecule has 2 aliphatic rings. The van der Waals surface area contributed by atoms with Gasteiger partial charge < -0.3 is 0 Å². The van der Waals surface area contributed by atoms with Gasteiger partial charge in [-0.3, -0.25) is 9.36 Å². The highest BCUT2D eigenvalue weighted by molar-refractivity contribution is 7.98. The first-order chi connectivity index (χ1) is 14.7. The Hall–Kier alpha value is -2.33. The quantitative estimate of drug-likeness (QED) is 0.388. The smallest absolute Gasteiger partial charge is 0.258 e. The first-order valence-corrected chi connectivity index (χ1v) is 12.1. The first-order valence-electron chi connectivity index (χ1n) is 11.1. The maximum Gasteiger partial charge on any atom is 0.258 e. The number of nitrogens with zero attached hydrogens (tertiary/aromatic N) is 2. The fourth-order valence-corrected chi connectivity index (χ4v) is 6.34. The van der Waals surface area contributed by atoms with E-state index in [1.54, 1.807) is 11.8 Å². The van der Waals surface area contributed by atoms with Gasteiger partial charge in [0.05, 0.1) is 11.3 Å². The zero-order chi connectivity index (χ0) is 20.6. The van der Waals surface area contributed by atoms with Crippen molar-refractivity contribution in [3.8, 4) is 11.3 Å². The molecule has 5 rings (SSSR count). The average Bonchev–Trinajstić information content (AvgIpc) is 2.79. The Morgan fingerprint density at radius 2 is 1.73 bits per heavy atom. The van der Waals surface area contributed by atoms with Crippen molar-refractivity contribution in [2.75, 3.05) is 0 Å². The molecule has 1 aromatic heterocycles. The molecule has 0 N–H and O–H groups in total. The lowest BCUT2D eigenvalue weighted by Crippen LogP contribution is -2.43. The van der Waals surface area contributed by atoms with Crippen LogP contribution < -0.4 is 5.56 Å². The van der Waals surface area contributed by atoms with Crippen LogP contribution in [0.25, 0.3) is 11.3 Å². The van der Waals surface area contributed by atoms with E-state index < -0.39 is 0 Å². The fraction of sp³-hybridized carbons (Fsp3) is 0.385. The number of benzene rings is 2. The van der Waals surface area contributed by atoms with Crippen LogP contribution in [-0.4, -0.2) is 9.55 Å². The van der Waals surface area contributed by atoms with Gasteiger partial charge in [-0.25, -0.2) is 4.98 Å². The second-order valence-electron chi connectivity index (χ2n) is 8.62. The predicted octanol–water partition coefficient (Wildman–Crippen LogP) is 5.98. The maximum atomic E-state index is 13.9. The molecule has 0 saturated heterocycles. The van der Waals surface area contributed by atoms with Crippen molar-refractivity contribution in [2.45, 2.75) is 68.3 Å². The Morgan fingerprint density at radius 1 is 1.00 bits per heavy atom. The minimum atomic E-state index is -0.0361. The van der Waals surface area contributed by atoms with Gasteiger partial charge in [-0.15, -0.1) is 0 Å². The van der Waals surface area contributed by atoms with Gasteiger partial charge in [0.15, 0.2) is 5.16 Å². The molecule has 154 valence electrons. The second kappa shape index (κ2) is 8.07. The van der Waals surface area contributed by atoms with E-state index in [0.29, 0.717) is 6.54 Å². The summed E-state index contributed by atoms with van der Waals surface area (Å²) in [6.45, 7) is 2.72. The summed E-state index contributed by atoms with van der Waals surface area (Å²) >= 11 is 1.67. The number of hydrogen-bond donors (Lipinski definition) is 0. The molecular formula is C26H28N2OS. The molecule has 0 bridgehead atoms. The van der Waals surface area contributed by atoms with E-state index in [0.717, 1.165) is 47.0 Å². The largest absolute Gasteiger partial charge is 0.288 e. The summed E-state index contributed by atoms with van der Waals surface area (Å²) in [5.74, 6) is 0.818. The molecule has 1 spiro atoms. The Morgan fingerprint density at radius 3 is 2.50 bits per heavy atom. The van der Waals surface area contributed by atoms with Gasteiger partial charge in [0.1, 0.15) is 0 Å². The molecule has 4 heteroatoms. The molecule has 1 fully saturated rings. The molecule has 3 aromatic rings. The van der Waals surface area contributed by atoms with Crippen LogP contribution in [0, 0.1) is 0 Å². The molecule has 0 aliphatic heterocycles. The molecular weight excluding hydrogens is 388 g/mol. The van der Waals surface area contributed by atoms with E-state index in [9.17, 15) is 4.79 Å². The van der Waals surface area contributed by atoms with E-state index in [1.807, 2.05) is 10.6 Å². The van der Waals surface area contributed by atoms with E-state index >= 15 is 0 Å². The number of fused-ring (bicyclic) bond motifs is 4. The summed E-state index contributed by atoms with van der Waals surface area (Å²) in [6.07, 6.45) is 6.87. The lowest BCUT2D eigenvalue weighted by atomic mass is 9.62. The lowest BCUT2D eigenvalue weighted by molar-refractivity contribution is 0.282. The average molecular weight is 417 g/mol. The Labute approximate surface area is 182 Å². The van der Waals surface area contributed by atoms with Crippen molar-refractivity contribution in [2.24, 2.45) is 0 Å². The zero-order valence-electron chi connectivity index (χ0n) is 17.6. The molecule has 1 saturated carbocycles. The normalized spacial score (nSPS) is 16.8. The van der Waals surface area contributed by atoms with E-state index in [1.165, 1.54) is 30.4 Å². The molecule has 0 amide bonds. The summed E-state index contributed by atoms with van der Waals surface area (Å²) in [4.78, 5) is 19.0. The maximum absolute atomic E-state index is 13.9. The van der Waals surface area contributed by atoms with Crippen LogP contribution in [0.15, 0.2) is 64.5 Å². The van der Waals surface area contributed by atoms with Gasteiger partial charge in [0, 0.05) is 23.3 Å². The number of aromatic nitrogens is 2. The van der Waals surface area contributed by atoms with Gasteiger partial charge in [-0.2, -0.15) is 0 Å². The van der Waals surface area contributed by atoms with Crippen molar-refractivity contribution >= 4 is 11.8 Å². The van der Waals surface area contributed by atoms with E-state index in [2.05, 4.69) is 55.5 Å². The highest BCUT2D eigenvalue weighted by Gasteiger charge is 2.43. The minimum absolute atomic E-state index is 0.0361. The highest BCUT2D eigenvalue weighted by atomic mass is 32.2. The molecule has 1 heterocycles. The van der Waals surface area contributed by atoms with Crippen LogP contribution in [0.1, 0.15) is 55.7 Å². The third-order valence-electron chi connectivity index (χ3n) is 6.80. The summed E-state index contributed by atoms with van der Waals surface area (Å²) in [6, 6.07) is 19.0. The summed E-state index contributed by atoms with van der Waals surface area (Å²) in [7, 11) is 0. The molecule has 30 heavy (non-hydrogen) atoms. The summed E-state index contributed by atoms with van der Waals surface area (Å²) < 4.78 is 1.91. The molecule has 0 unspecified atom stereocenters. The van der Waals surface area contributed by atoms with Crippen LogP contribution in [0.5, 0.6) is 0 Å². The summed E-state index contributed by atoms with van der Waals surface area (Å²) in [5.41, 5.74) is 5.86. The highest BCUT2D eigenvalue weighted by Crippen LogP contribution is 2.48. The minimum Gasteiger partial charge on any atom is -0.288 e. The molecule has 2 aromatic carbocycles. The third kappa shape index (κ3) is 3.31. The monoisotopic (exact) mass is 416 g/mol. The molecule has 3 nitrogen and oxygen atoms in total. The van der Waals surface area contributed by atoms with Crippen molar-refractivity contribution in [1.29, 1.82) is 0 Å². The number of hydrogen-bond acceptors (Lipinski definition) is 3. The van der Waals surface area contributed by atoms with Crippen molar-refractivity contribution in [1.82, 2.24) is 9.55 Å². The number of rotatable bonds is 4. The van der Waals surface area contributed by atoms with Crippen LogP contribution in [0.4, 0.5) is 0 Å². The van der Waals surface area contributed by atoms with E-state index in [4.69, 9.17) is 4.98 Å². The second-order valence-corrected chi connectivity index (χ2v) is 9.56. The topological polar surface area (TPSA) is 34.9 Å². The standard InChI is InChI=1S/C26H28N2OS/c1-2-28-24(29)22-23(27-25(28)30-18-19-11-5-3-6-12-19)21-14-8-7-13-20(21)17-26(22)15-9-4-10-16-26/h3,5-8,11-14H,2,4,9-10,15-18H2,1H3. The number of thioether (sulfide) groups is 1. The van der Waals surface area contributed by atoms with Crippen molar-refractivity contribution in [3.05, 3.63) is 81.6 Å². The molecule has 0 radical (unpaired) electrons. The molecule has 0 atom stereocenters. The van der Waals surface area contributed by atoms with Crippen LogP contribution >= 0.6 is 11.8 Å². The molecule has 2 aliphatic carbocycles. The van der Waals surface area contributed by atoms with Crippen molar-refractivity contribution < 1.29 is 0 Å². The Kier molecular flexibility index (Phi) is 5.28. The van der Waals surface area contributed by atoms with Gasteiger partial charge in [-0.1, -0.05) is 85.6 Å². The Bertz CT molecular complexity index is 1110. The summed E-state index contributed by atoms with van der Waals surface area (Å²) in [5, 5.41) is 0.841. The Balaban J connectivity index is 1.66. The van der Waals surface area contributed by atoms with Gasteiger partial charge in [-0.05, 0) is 37.3 Å². The third-order valence-corrected chi connectivity index (χ3v) is 7.85. The predicted molar refractivity (Wildman–Crippen MR) is 124 cm³/mol. The first kappa shape index (κ1) is 19.6. The van der Waals surface area contributed by atoms with Crippen LogP contribution in [-0.2, 0) is 24.1 Å². The van der Waals surface area contributed by atoms with Gasteiger partial charge in [0.25, 0.3) is 5.56 Å². The van der Waals surface area contributed by atoms with Crippen molar-refractivity contribution in [3.63, 3.8) is 0 Å². The van der Waals surface area contributed by atoms with Gasteiger partial charge in [0.2, 0.25) is 0 Å². The fourth-order valence-electron chi connectivity index (χ4n) is 5.33. The SMILES string of the molecule is CCn1c(SCc2ccccc2)nc2c(c1=O)C1(CCCCC1)Cc1ccccc1-2. The lowest BCUT2D eigenvalue weighted by Gasteiger charge is -2.42. The van der Waals surface area contributed by atoms with Gasteiger partial charge >= 0.3 is 0 Å². The zero-order valence-corrected chi connectivity index (χ0v) is 18.4. The van der Waals surface area contributed by atoms with Crippen LogP contribution in [0.2, 0.25) is 0 Å². The van der Waals surface area contributed by atoms with E-state index in [-0.39, 0.29) is 11.0 Å². The van der Waals surface area contributed by atoms with Crippen LogP contribution in [0.3, 0.4) is 0 Å².